The molecule has 0 fully saturated rings. The van der Waals surface area contributed by atoms with Gasteiger partial charge in [-0.15, -0.1) is 0 Å². The molecule has 20 heavy (non-hydrogen) atoms. The molecule has 0 aliphatic heterocycles. The number of rotatable bonds is 5. The van der Waals surface area contributed by atoms with E-state index in [1.54, 1.807) is 4.68 Å². The highest BCUT2D eigenvalue weighted by Crippen LogP contribution is 2.25. The standard InChI is InChI=1S/C14H25N3O3/c1-9(2)11-6-10(8-18)17(16-11)7-12(14(3,4)5)20-13(15)19/h6,9,12,18H,7-8H2,1-5H3,(H2,15,19). The first kappa shape index (κ1) is 16.5. The van der Waals surface area contributed by atoms with Crippen LogP contribution >= 0.6 is 0 Å². The van der Waals surface area contributed by atoms with Gasteiger partial charge in [-0.1, -0.05) is 34.6 Å². The third-order valence-electron chi connectivity index (χ3n) is 3.20. The molecule has 0 aliphatic carbocycles. The molecule has 0 saturated carbocycles. The van der Waals surface area contributed by atoms with Crippen LogP contribution in [0.4, 0.5) is 4.79 Å². The summed E-state index contributed by atoms with van der Waals surface area (Å²) in [7, 11) is 0. The summed E-state index contributed by atoms with van der Waals surface area (Å²) in [5.41, 5.74) is 6.46. The highest BCUT2D eigenvalue weighted by atomic mass is 16.6. The topological polar surface area (TPSA) is 90.4 Å². The molecule has 114 valence electrons. The third kappa shape index (κ3) is 4.23. The van der Waals surface area contributed by atoms with Crippen LogP contribution in [-0.4, -0.2) is 27.1 Å². The summed E-state index contributed by atoms with van der Waals surface area (Å²) in [5.74, 6) is 0.270. The number of carbonyl (C=O) groups is 1. The number of nitrogens with two attached hydrogens (primary N) is 1. The summed E-state index contributed by atoms with van der Waals surface area (Å²) < 4.78 is 6.87. The van der Waals surface area contributed by atoms with E-state index in [9.17, 15) is 9.90 Å². The van der Waals surface area contributed by atoms with Crippen molar-refractivity contribution < 1.29 is 14.6 Å². The first-order valence-electron chi connectivity index (χ1n) is 6.78. The molecule has 6 nitrogen and oxygen atoms in total. The van der Waals surface area contributed by atoms with Crippen LogP contribution in [0, 0.1) is 5.41 Å². The van der Waals surface area contributed by atoms with Gasteiger partial charge in [0.15, 0.2) is 0 Å². The van der Waals surface area contributed by atoms with Crippen molar-refractivity contribution in [3.63, 3.8) is 0 Å². The Hall–Kier alpha value is -1.56. The first-order valence-corrected chi connectivity index (χ1v) is 6.78. The fraction of sp³-hybridized carbons (Fsp3) is 0.714. The highest BCUT2D eigenvalue weighted by molar-refractivity contribution is 5.64. The average molecular weight is 283 g/mol. The minimum absolute atomic E-state index is 0.104. The third-order valence-corrected chi connectivity index (χ3v) is 3.20. The Morgan fingerprint density at radius 3 is 2.50 bits per heavy atom. The van der Waals surface area contributed by atoms with Gasteiger partial charge in [-0.2, -0.15) is 5.10 Å². The van der Waals surface area contributed by atoms with Crippen molar-refractivity contribution in [3.05, 3.63) is 17.5 Å². The number of hydrogen-bond donors (Lipinski definition) is 2. The van der Waals surface area contributed by atoms with E-state index in [0.29, 0.717) is 12.2 Å². The number of ether oxygens (including phenoxy) is 1. The van der Waals surface area contributed by atoms with Crippen LogP contribution in [-0.2, 0) is 17.9 Å². The van der Waals surface area contributed by atoms with Crippen molar-refractivity contribution in [2.24, 2.45) is 11.1 Å². The molecule has 1 aromatic rings. The Labute approximate surface area is 119 Å². The van der Waals surface area contributed by atoms with Gasteiger partial charge >= 0.3 is 6.09 Å². The number of hydrogen-bond acceptors (Lipinski definition) is 4. The van der Waals surface area contributed by atoms with Gasteiger partial charge in [-0.25, -0.2) is 4.79 Å². The molecule has 1 aromatic heterocycles. The van der Waals surface area contributed by atoms with Gasteiger partial charge in [-0.3, -0.25) is 4.68 Å². The van der Waals surface area contributed by atoms with E-state index in [2.05, 4.69) is 5.10 Å². The molecule has 1 atom stereocenters. The van der Waals surface area contributed by atoms with E-state index in [4.69, 9.17) is 10.5 Å². The summed E-state index contributed by atoms with van der Waals surface area (Å²) in [5, 5.41) is 13.9. The Morgan fingerprint density at radius 1 is 1.50 bits per heavy atom. The number of primary amides is 1. The molecular formula is C14H25N3O3. The van der Waals surface area contributed by atoms with E-state index in [1.807, 2.05) is 40.7 Å². The molecule has 6 heteroatoms. The van der Waals surface area contributed by atoms with E-state index < -0.39 is 12.2 Å². The Balaban J connectivity index is 3.01. The van der Waals surface area contributed by atoms with Gasteiger partial charge < -0.3 is 15.6 Å². The lowest BCUT2D eigenvalue weighted by atomic mass is 9.89. The largest absolute Gasteiger partial charge is 0.444 e. The van der Waals surface area contributed by atoms with E-state index in [-0.39, 0.29) is 17.9 Å². The summed E-state index contributed by atoms with van der Waals surface area (Å²) in [6.45, 7) is 10.2. The minimum Gasteiger partial charge on any atom is -0.444 e. The number of carbonyl (C=O) groups excluding carboxylic acids is 1. The van der Waals surface area contributed by atoms with Crippen LogP contribution in [0.1, 0.15) is 51.9 Å². The van der Waals surface area contributed by atoms with E-state index >= 15 is 0 Å². The highest BCUT2D eigenvalue weighted by Gasteiger charge is 2.29. The fourth-order valence-electron chi connectivity index (χ4n) is 1.83. The number of aliphatic hydroxyl groups is 1. The second kappa shape index (κ2) is 6.26. The van der Waals surface area contributed by atoms with Gasteiger partial charge in [0.25, 0.3) is 0 Å². The predicted octanol–water partition coefficient (Wildman–Crippen LogP) is 2.01. The molecule has 1 unspecified atom stereocenters. The van der Waals surface area contributed by atoms with E-state index in [0.717, 1.165) is 5.69 Å². The van der Waals surface area contributed by atoms with Crippen LogP contribution in [0.5, 0.6) is 0 Å². The fourth-order valence-corrected chi connectivity index (χ4v) is 1.83. The Kier molecular flexibility index (Phi) is 5.16. The maximum atomic E-state index is 11.0. The molecular weight excluding hydrogens is 258 g/mol. The van der Waals surface area contributed by atoms with Crippen molar-refractivity contribution in [2.75, 3.05) is 0 Å². The number of aliphatic hydroxyl groups excluding tert-OH is 1. The van der Waals surface area contributed by atoms with E-state index in [1.165, 1.54) is 0 Å². The maximum Gasteiger partial charge on any atom is 0.404 e. The Bertz CT molecular complexity index is 461. The van der Waals surface area contributed by atoms with Gasteiger partial charge in [0.05, 0.1) is 24.5 Å². The van der Waals surface area contributed by atoms with Crippen LogP contribution in [0.3, 0.4) is 0 Å². The minimum atomic E-state index is -0.799. The normalized spacial score (nSPS) is 13.6. The van der Waals surface area contributed by atoms with Crippen molar-refractivity contribution in [3.8, 4) is 0 Å². The lowest BCUT2D eigenvalue weighted by Gasteiger charge is -2.29. The second-order valence-electron chi connectivity index (χ2n) is 6.35. The molecule has 0 bridgehead atoms. The molecule has 3 N–H and O–H groups in total. The molecule has 0 spiro atoms. The predicted molar refractivity (Wildman–Crippen MR) is 76.2 cm³/mol. The lowest BCUT2D eigenvalue weighted by Crippen LogP contribution is -2.37. The van der Waals surface area contributed by atoms with Crippen molar-refractivity contribution >= 4 is 6.09 Å². The van der Waals surface area contributed by atoms with Gasteiger partial charge in [0.1, 0.15) is 6.10 Å². The molecule has 0 saturated heterocycles. The van der Waals surface area contributed by atoms with Gasteiger partial charge in [0.2, 0.25) is 0 Å². The maximum absolute atomic E-state index is 11.0. The summed E-state index contributed by atoms with van der Waals surface area (Å²) in [6, 6.07) is 1.87. The number of nitrogens with zero attached hydrogens (tertiary/aromatic N) is 2. The average Bonchev–Trinajstić information content (AvgIpc) is 2.69. The van der Waals surface area contributed by atoms with Gasteiger partial charge in [0, 0.05) is 5.41 Å². The van der Waals surface area contributed by atoms with Crippen LogP contribution < -0.4 is 5.73 Å². The summed E-state index contributed by atoms with van der Waals surface area (Å²) in [6.07, 6.45) is -1.21. The Morgan fingerprint density at radius 2 is 2.10 bits per heavy atom. The smallest absolute Gasteiger partial charge is 0.404 e. The lowest BCUT2D eigenvalue weighted by molar-refractivity contribution is 0.0221. The summed E-state index contributed by atoms with van der Waals surface area (Å²) in [4.78, 5) is 11.0. The van der Waals surface area contributed by atoms with Crippen molar-refractivity contribution in [1.82, 2.24) is 9.78 Å². The SMILES string of the molecule is CC(C)c1cc(CO)n(CC(OC(N)=O)C(C)(C)C)n1. The van der Waals surface area contributed by atoms with Gasteiger partial charge in [-0.05, 0) is 12.0 Å². The van der Waals surface area contributed by atoms with Crippen LogP contribution in [0.25, 0.3) is 0 Å². The molecule has 0 radical (unpaired) electrons. The summed E-state index contributed by atoms with van der Waals surface area (Å²) >= 11 is 0. The van der Waals surface area contributed by atoms with Crippen LogP contribution in [0.2, 0.25) is 0 Å². The zero-order valence-corrected chi connectivity index (χ0v) is 12.9. The quantitative estimate of drug-likeness (QED) is 0.864. The number of amides is 1. The monoisotopic (exact) mass is 283 g/mol. The number of aromatic nitrogens is 2. The molecule has 1 rings (SSSR count). The zero-order valence-electron chi connectivity index (χ0n) is 12.9. The molecule has 0 aliphatic rings. The molecule has 1 amide bonds. The first-order chi connectivity index (χ1) is 9.15. The zero-order chi connectivity index (χ0) is 15.5. The van der Waals surface area contributed by atoms with Crippen molar-refractivity contribution in [1.29, 1.82) is 0 Å². The second-order valence-corrected chi connectivity index (χ2v) is 6.35. The molecule has 0 aromatic carbocycles. The van der Waals surface area contributed by atoms with Crippen molar-refractivity contribution in [2.45, 2.75) is 59.8 Å². The van der Waals surface area contributed by atoms with Crippen LogP contribution in [0.15, 0.2) is 6.07 Å². The molecule has 1 heterocycles.